The Morgan fingerprint density at radius 2 is 1.80 bits per heavy atom. The van der Waals surface area contributed by atoms with Crippen molar-refractivity contribution in [3.8, 4) is 10.6 Å². The van der Waals surface area contributed by atoms with Crippen LogP contribution in [0.1, 0.15) is 54.4 Å². The van der Waals surface area contributed by atoms with E-state index in [1.165, 1.54) is 37.5 Å². The Balaban J connectivity index is 1.72. The molecule has 0 aliphatic heterocycles. The number of amides is 2. The first-order chi connectivity index (χ1) is 12.0. The van der Waals surface area contributed by atoms with E-state index >= 15 is 0 Å². The van der Waals surface area contributed by atoms with Gasteiger partial charge in [0.15, 0.2) is 0 Å². The molecule has 2 aromatic rings. The number of aromatic nitrogens is 1. The second kappa shape index (κ2) is 7.78. The minimum Gasteiger partial charge on any atom is -0.348 e. The van der Waals surface area contributed by atoms with E-state index in [9.17, 15) is 9.59 Å². The van der Waals surface area contributed by atoms with E-state index in [4.69, 9.17) is 0 Å². The number of carbonyl (C=O) groups excluding carboxylic acids is 2. The summed E-state index contributed by atoms with van der Waals surface area (Å²) < 4.78 is 0. The highest BCUT2D eigenvalue weighted by Crippen LogP contribution is 2.29. The second-order valence-corrected chi connectivity index (χ2v) is 7.69. The van der Waals surface area contributed by atoms with Gasteiger partial charge in [0.1, 0.15) is 10.7 Å². The van der Waals surface area contributed by atoms with Crippen LogP contribution in [0.2, 0.25) is 0 Å². The molecule has 1 aromatic carbocycles. The van der Waals surface area contributed by atoms with E-state index in [0.717, 1.165) is 34.0 Å². The Hall–Kier alpha value is -2.21. The smallest absolute Gasteiger partial charge is 0.271 e. The summed E-state index contributed by atoms with van der Waals surface area (Å²) in [6.07, 6.45) is 5.76. The number of anilines is 1. The van der Waals surface area contributed by atoms with Crippen molar-refractivity contribution in [3.05, 3.63) is 34.8 Å². The zero-order valence-corrected chi connectivity index (χ0v) is 15.4. The third kappa shape index (κ3) is 4.45. The summed E-state index contributed by atoms with van der Waals surface area (Å²) in [6, 6.07) is 7.78. The topological polar surface area (TPSA) is 71.1 Å². The molecule has 0 unspecified atom stereocenters. The van der Waals surface area contributed by atoms with Crippen LogP contribution in [0.15, 0.2) is 24.3 Å². The van der Waals surface area contributed by atoms with Crippen LogP contribution in [0.5, 0.6) is 0 Å². The molecular weight excluding hydrogens is 334 g/mol. The Morgan fingerprint density at radius 1 is 1.12 bits per heavy atom. The molecule has 25 heavy (non-hydrogen) atoms. The average Bonchev–Trinajstić information content (AvgIpc) is 2.98. The number of carbonyl (C=O) groups is 2. The van der Waals surface area contributed by atoms with Crippen LogP contribution in [0.25, 0.3) is 10.6 Å². The first-order valence-corrected chi connectivity index (χ1v) is 9.51. The molecule has 0 saturated heterocycles. The maximum Gasteiger partial charge on any atom is 0.271 e. The van der Waals surface area contributed by atoms with Crippen molar-refractivity contribution < 1.29 is 9.59 Å². The predicted molar refractivity (Wildman–Crippen MR) is 101 cm³/mol. The van der Waals surface area contributed by atoms with Gasteiger partial charge in [-0.05, 0) is 44.0 Å². The molecule has 1 aliphatic rings. The van der Waals surface area contributed by atoms with Gasteiger partial charge >= 0.3 is 0 Å². The molecule has 1 heterocycles. The number of benzene rings is 1. The van der Waals surface area contributed by atoms with Crippen molar-refractivity contribution >= 4 is 28.8 Å². The van der Waals surface area contributed by atoms with Gasteiger partial charge in [0.25, 0.3) is 5.91 Å². The van der Waals surface area contributed by atoms with Crippen LogP contribution >= 0.6 is 11.3 Å². The fourth-order valence-corrected chi connectivity index (χ4v) is 4.05. The highest BCUT2D eigenvalue weighted by atomic mass is 32.1. The van der Waals surface area contributed by atoms with Crippen LogP contribution in [0, 0.1) is 6.92 Å². The SMILES string of the molecule is CC(=O)Nc1ccc(-c2nc(C(=O)NC3CCCCC3)c(C)s2)cc1. The van der Waals surface area contributed by atoms with E-state index in [0.29, 0.717) is 5.69 Å². The molecule has 1 aromatic heterocycles. The van der Waals surface area contributed by atoms with E-state index < -0.39 is 0 Å². The molecule has 1 fully saturated rings. The zero-order valence-electron chi connectivity index (χ0n) is 14.6. The van der Waals surface area contributed by atoms with Gasteiger partial charge in [0.05, 0.1) is 0 Å². The van der Waals surface area contributed by atoms with Crippen molar-refractivity contribution in [1.82, 2.24) is 10.3 Å². The number of rotatable bonds is 4. The molecule has 0 radical (unpaired) electrons. The average molecular weight is 357 g/mol. The third-order valence-corrected chi connectivity index (χ3v) is 5.42. The van der Waals surface area contributed by atoms with E-state index in [2.05, 4.69) is 15.6 Å². The standard InChI is InChI=1S/C19H23N3O2S/c1-12-17(18(24)21-15-6-4-3-5-7-15)22-19(25-12)14-8-10-16(11-9-14)20-13(2)23/h8-11,15H,3-7H2,1-2H3,(H,20,23)(H,21,24). The molecule has 0 atom stereocenters. The van der Waals surface area contributed by atoms with Crippen LogP contribution in [-0.2, 0) is 4.79 Å². The highest BCUT2D eigenvalue weighted by Gasteiger charge is 2.21. The van der Waals surface area contributed by atoms with Gasteiger partial charge in [0.2, 0.25) is 5.91 Å². The zero-order chi connectivity index (χ0) is 17.8. The quantitative estimate of drug-likeness (QED) is 0.864. The Labute approximate surface area is 151 Å². The van der Waals surface area contributed by atoms with Crippen molar-refractivity contribution in [3.63, 3.8) is 0 Å². The molecule has 6 heteroatoms. The number of thiazole rings is 1. The predicted octanol–water partition coefficient (Wildman–Crippen LogP) is 4.14. The van der Waals surface area contributed by atoms with Gasteiger partial charge in [0, 0.05) is 29.1 Å². The molecule has 3 rings (SSSR count). The highest BCUT2D eigenvalue weighted by molar-refractivity contribution is 7.15. The van der Waals surface area contributed by atoms with Crippen molar-refractivity contribution in [2.45, 2.75) is 52.0 Å². The Kier molecular flexibility index (Phi) is 5.48. The van der Waals surface area contributed by atoms with Gasteiger partial charge in [-0.25, -0.2) is 4.98 Å². The van der Waals surface area contributed by atoms with Gasteiger partial charge in [-0.1, -0.05) is 19.3 Å². The molecule has 2 amide bonds. The molecule has 5 nitrogen and oxygen atoms in total. The number of hydrogen-bond acceptors (Lipinski definition) is 4. The lowest BCUT2D eigenvalue weighted by atomic mass is 9.95. The summed E-state index contributed by atoms with van der Waals surface area (Å²) in [5.41, 5.74) is 2.22. The lowest BCUT2D eigenvalue weighted by molar-refractivity contribution is -0.114. The van der Waals surface area contributed by atoms with Gasteiger partial charge < -0.3 is 10.6 Å². The number of hydrogen-bond donors (Lipinski definition) is 2. The molecule has 0 bridgehead atoms. The van der Waals surface area contributed by atoms with Gasteiger partial charge in [-0.3, -0.25) is 9.59 Å². The molecule has 0 spiro atoms. The summed E-state index contributed by atoms with van der Waals surface area (Å²) in [5, 5.41) is 6.69. The second-order valence-electron chi connectivity index (χ2n) is 6.49. The third-order valence-electron chi connectivity index (χ3n) is 4.40. The van der Waals surface area contributed by atoms with Crippen LogP contribution in [0.4, 0.5) is 5.69 Å². The molecular formula is C19H23N3O2S. The first kappa shape index (κ1) is 17.6. The fraction of sp³-hybridized carbons (Fsp3) is 0.421. The van der Waals surface area contributed by atoms with Crippen LogP contribution in [0.3, 0.4) is 0 Å². The monoisotopic (exact) mass is 357 g/mol. The maximum atomic E-state index is 12.5. The Morgan fingerprint density at radius 3 is 2.44 bits per heavy atom. The minimum atomic E-state index is -0.0977. The van der Waals surface area contributed by atoms with Crippen molar-refractivity contribution in [2.75, 3.05) is 5.32 Å². The van der Waals surface area contributed by atoms with E-state index in [1.54, 1.807) is 0 Å². The first-order valence-electron chi connectivity index (χ1n) is 8.69. The van der Waals surface area contributed by atoms with E-state index in [1.807, 2.05) is 31.2 Å². The van der Waals surface area contributed by atoms with E-state index in [-0.39, 0.29) is 17.9 Å². The Bertz CT molecular complexity index is 761. The number of aryl methyl sites for hydroxylation is 1. The van der Waals surface area contributed by atoms with Gasteiger partial charge in [-0.2, -0.15) is 0 Å². The summed E-state index contributed by atoms with van der Waals surface area (Å²) in [5.74, 6) is -0.165. The molecule has 132 valence electrons. The summed E-state index contributed by atoms with van der Waals surface area (Å²) in [4.78, 5) is 29.1. The maximum absolute atomic E-state index is 12.5. The van der Waals surface area contributed by atoms with Crippen molar-refractivity contribution in [1.29, 1.82) is 0 Å². The fourth-order valence-electron chi connectivity index (χ4n) is 3.13. The molecule has 2 N–H and O–H groups in total. The van der Waals surface area contributed by atoms with Crippen LogP contribution < -0.4 is 10.6 Å². The number of nitrogens with zero attached hydrogens (tertiary/aromatic N) is 1. The lowest BCUT2D eigenvalue weighted by Gasteiger charge is -2.22. The summed E-state index contributed by atoms with van der Waals surface area (Å²) in [6.45, 7) is 3.41. The van der Waals surface area contributed by atoms with Crippen molar-refractivity contribution in [2.24, 2.45) is 0 Å². The van der Waals surface area contributed by atoms with Crippen LogP contribution in [-0.4, -0.2) is 22.8 Å². The minimum absolute atomic E-state index is 0.0678. The summed E-state index contributed by atoms with van der Waals surface area (Å²) >= 11 is 1.52. The van der Waals surface area contributed by atoms with Gasteiger partial charge in [-0.15, -0.1) is 11.3 Å². The molecule has 1 saturated carbocycles. The lowest BCUT2D eigenvalue weighted by Crippen LogP contribution is -2.36. The molecule has 1 aliphatic carbocycles. The largest absolute Gasteiger partial charge is 0.348 e. The summed E-state index contributed by atoms with van der Waals surface area (Å²) in [7, 11) is 0. The normalized spacial score (nSPS) is 15.0. The number of nitrogens with one attached hydrogen (secondary N) is 2.